The Morgan fingerprint density at radius 2 is 1.23 bits per heavy atom. The highest BCUT2D eigenvalue weighted by atomic mass is 15.0. The van der Waals surface area contributed by atoms with Crippen molar-refractivity contribution in [3.8, 4) is 22.8 Å². The summed E-state index contributed by atoms with van der Waals surface area (Å²) in [5.41, 5.74) is 3.26. The van der Waals surface area contributed by atoms with E-state index in [-0.39, 0.29) is 5.92 Å². The van der Waals surface area contributed by atoms with E-state index >= 15 is 0 Å². The van der Waals surface area contributed by atoms with Crippen LogP contribution in [0.1, 0.15) is 31.2 Å². The Hall–Kier alpha value is -2.55. The van der Waals surface area contributed by atoms with Crippen molar-refractivity contribution in [2.24, 2.45) is 0 Å². The predicted octanol–water partition coefficient (Wildman–Crippen LogP) is 4.64. The zero-order valence-electron chi connectivity index (χ0n) is 13.1. The Bertz CT molecular complexity index is 762. The number of benzene rings is 2. The van der Waals surface area contributed by atoms with Gasteiger partial charge in [0.15, 0.2) is 11.6 Å². The third-order valence-electron chi connectivity index (χ3n) is 3.51. The first-order valence-corrected chi connectivity index (χ1v) is 7.52. The van der Waals surface area contributed by atoms with Crippen molar-refractivity contribution < 1.29 is 0 Å². The SMILES string of the molecule is Cc1ccc(-c2nc(-c3ccccc3)nc(C(C)C)n2)cc1. The van der Waals surface area contributed by atoms with Crippen LogP contribution in [0.5, 0.6) is 0 Å². The van der Waals surface area contributed by atoms with Crippen molar-refractivity contribution in [1.82, 2.24) is 15.0 Å². The van der Waals surface area contributed by atoms with Gasteiger partial charge in [0.1, 0.15) is 5.82 Å². The van der Waals surface area contributed by atoms with Crippen LogP contribution in [0.15, 0.2) is 54.6 Å². The first-order chi connectivity index (χ1) is 10.6. The van der Waals surface area contributed by atoms with Gasteiger partial charge in [-0.2, -0.15) is 0 Å². The third-order valence-corrected chi connectivity index (χ3v) is 3.51. The van der Waals surface area contributed by atoms with E-state index < -0.39 is 0 Å². The van der Waals surface area contributed by atoms with E-state index in [9.17, 15) is 0 Å². The molecule has 0 aliphatic rings. The highest BCUT2D eigenvalue weighted by Gasteiger charge is 2.12. The van der Waals surface area contributed by atoms with Crippen molar-refractivity contribution in [1.29, 1.82) is 0 Å². The van der Waals surface area contributed by atoms with Crippen LogP contribution in [0.2, 0.25) is 0 Å². The van der Waals surface area contributed by atoms with Crippen molar-refractivity contribution >= 4 is 0 Å². The summed E-state index contributed by atoms with van der Waals surface area (Å²) in [5.74, 6) is 2.55. The van der Waals surface area contributed by atoms with Crippen molar-refractivity contribution in [3.63, 3.8) is 0 Å². The molecule has 0 unspecified atom stereocenters. The van der Waals surface area contributed by atoms with Crippen molar-refractivity contribution in [3.05, 3.63) is 66.0 Å². The lowest BCUT2D eigenvalue weighted by atomic mass is 10.1. The van der Waals surface area contributed by atoms with Gasteiger partial charge in [-0.1, -0.05) is 74.0 Å². The number of rotatable bonds is 3. The first-order valence-electron chi connectivity index (χ1n) is 7.52. The fraction of sp³-hybridized carbons (Fsp3) is 0.211. The highest BCUT2D eigenvalue weighted by molar-refractivity contribution is 5.61. The van der Waals surface area contributed by atoms with Gasteiger partial charge in [-0.05, 0) is 6.92 Å². The second-order valence-electron chi connectivity index (χ2n) is 5.73. The van der Waals surface area contributed by atoms with Gasteiger partial charge >= 0.3 is 0 Å². The molecule has 0 saturated carbocycles. The summed E-state index contributed by atoms with van der Waals surface area (Å²) in [6.07, 6.45) is 0. The molecule has 0 fully saturated rings. The van der Waals surface area contributed by atoms with Gasteiger partial charge in [0.2, 0.25) is 0 Å². The van der Waals surface area contributed by atoms with E-state index in [1.165, 1.54) is 5.56 Å². The van der Waals surface area contributed by atoms with Crippen LogP contribution in [0.4, 0.5) is 0 Å². The van der Waals surface area contributed by atoms with E-state index in [0.717, 1.165) is 28.6 Å². The van der Waals surface area contributed by atoms with Crippen molar-refractivity contribution in [2.45, 2.75) is 26.7 Å². The van der Waals surface area contributed by atoms with Crippen LogP contribution < -0.4 is 0 Å². The van der Waals surface area contributed by atoms with E-state index in [1.807, 2.05) is 30.3 Å². The molecule has 0 saturated heterocycles. The second kappa shape index (κ2) is 6.06. The monoisotopic (exact) mass is 289 g/mol. The summed E-state index contributed by atoms with van der Waals surface area (Å²) >= 11 is 0. The molecule has 3 rings (SSSR count). The minimum atomic E-state index is 0.259. The van der Waals surface area contributed by atoms with Crippen LogP contribution in [-0.4, -0.2) is 15.0 Å². The Balaban J connectivity index is 2.14. The van der Waals surface area contributed by atoms with E-state index in [4.69, 9.17) is 0 Å². The average molecular weight is 289 g/mol. The largest absolute Gasteiger partial charge is 0.213 e. The maximum atomic E-state index is 4.66. The van der Waals surface area contributed by atoms with E-state index in [0.29, 0.717) is 0 Å². The molecule has 22 heavy (non-hydrogen) atoms. The number of aryl methyl sites for hydroxylation is 1. The minimum absolute atomic E-state index is 0.259. The molecule has 0 aliphatic carbocycles. The summed E-state index contributed by atoms with van der Waals surface area (Å²) < 4.78 is 0. The molecule has 0 N–H and O–H groups in total. The van der Waals surface area contributed by atoms with Gasteiger partial charge in [-0.15, -0.1) is 0 Å². The van der Waals surface area contributed by atoms with Crippen LogP contribution in [0.3, 0.4) is 0 Å². The molecule has 0 bridgehead atoms. The zero-order chi connectivity index (χ0) is 15.5. The molecular formula is C19H19N3. The molecule has 0 radical (unpaired) electrons. The fourth-order valence-electron chi connectivity index (χ4n) is 2.20. The molecule has 2 aromatic carbocycles. The second-order valence-corrected chi connectivity index (χ2v) is 5.73. The third kappa shape index (κ3) is 3.03. The molecule has 0 spiro atoms. The van der Waals surface area contributed by atoms with Gasteiger partial charge in [0.25, 0.3) is 0 Å². The number of hydrogen-bond donors (Lipinski definition) is 0. The summed E-state index contributed by atoms with van der Waals surface area (Å²) in [6.45, 7) is 6.28. The lowest BCUT2D eigenvalue weighted by molar-refractivity contribution is 0.766. The van der Waals surface area contributed by atoms with E-state index in [2.05, 4.69) is 60.0 Å². The lowest BCUT2D eigenvalue weighted by Crippen LogP contribution is -2.04. The molecule has 3 heteroatoms. The molecule has 0 aliphatic heterocycles. The van der Waals surface area contributed by atoms with Gasteiger partial charge in [0.05, 0.1) is 0 Å². The zero-order valence-corrected chi connectivity index (χ0v) is 13.1. The molecule has 1 heterocycles. The first kappa shape index (κ1) is 14.4. The Kier molecular flexibility index (Phi) is 3.96. The van der Waals surface area contributed by atoms with E-state index in [1.54, 1.807) is 0 Å². The Morgan fingerprint density at radius 1 is 0.682 bits per heavy atom. The molecule has 110 valence electrons. The fourth-order valence-corrected chi connectivity index (χ4v) is 2.20. The molecule has 3 aromatic rings. The maximum Gasteiger partial charge on any atom is 0.163 e. The Morgan fingerprint density at radius 3 is 1.77 bits per heavy atom. The summed E-state index contributed by atoms with van der Waals surface area (Å²) in [6, 6.07) is 18.3. The molecule has 0 atom stereocenters. The van der Waals surface area contributed by atoms with Crippen LogP contribution >= 0.6 is 0 Å². The van der Waals surface area contributed by atoms with Crippen LogP contribution in [0.25, 0.3) is 22.8 Å². The molecule has 0 amide bonds. The highest BCUT2D eigenvalue weighted by Crippen LogP contribution is 2.22. The maximum absolute atomic E-state index is 4.66. The topological polar surface area (TPSA) is 38.7 Å². The molecular weight excluding hydrogens is 270 g/mol. The van der Waals surface area contributed by atoms with Gasteiger partial charge in [-0.25, -0.2) is 15.0 Å². The summed E-state index contributed by atoms with van der Waals surface area (Å²) in [5, 5.41) is 0. The van der Waals surface area contributed by atoms with Gasteiger partial charge < -0.3 is 0 Å². The minimum Gasteiger partial charge on any atom is -0.213 e. The van der Waals surface area contributed by atoms with Crippen molar-refractivity contribution in [2.75, 3.05) is 0 Å². The number of hydrogen-bond acceptors (Lipinski definition) is 3. The summed E-state index contributed by atoms with van der Waals surface area (Å²) in [7, 11) is 0. The van der Waals surface area contributed by atoms with Crippen LogP contribution in [-0.2, 0) is 0 Å². The predicted molar refractivity (Wildman–Crippen MR) is 89.5 cm³/mol. The lowest BCUT2D eigenvalue weighted by Gasteiger charge is -2.10. The van der Waals surface area contributed by atoms with Gasteiger partial charge in [-0.3, -0.25) is 0 Å². The Labute approximate surface area is 131 Å². The number of aromatic nitrogens is 3. The number of nitrogens with zero attached hydrogens (tertiary/aromatic N) is 3. The molecule has 1 aromatic heterocycles. The average Bonchev–Trinajstić information content (AvgIpc) is 2.56. The summed E-state index contributed by atoms with van der Waals surface area (Å²) in [4.78, 5) is 13.9. The van der Waals surface area contributed by atoms with Gasteiger partial charge in [0, 0.05) is 17.0 Å². The normalized spacial score (nSPS) is 10.9. The quantitative estimate of drug-likeness (QED) is 0.705. The standard InChI is InChI=1S/C19H19N3/c1-13(2)17-20-18(15-7-5-4-6-8-15)22-19(21-17)16-11-9-14(3)10-12-16/h4-13H,1-3H3. The smallest absolute Gasteiger partial charge is 0.163 e. The van der Waals surface area contributed by atoms with Crippen LogP contribution in [0, 0.1) is 6.92 Å². The molecule has 3 nitrogen and oxygen atoms in total.